The van der Waals surface area contributed by atoms with Gasteiger partial charge >= 0.3 is 0 Å². The minimum absolute atomic E-state index is 0.209. The Balaban J connectivity index is 2.76. The number of carbonyl (C=O) groups excluding carboxylic acids is 3. The van der Waals surface area contributed by atoms with E-state index in [4.69, 9.17) is 0 Å². The van der Waals surface area contributed by atoms with E-state index in [2.05, 4.69) is 10.3 Å². The number of rotatable bonds is 4. The van der Waals surface area contributed by atoms with Crippen molar-refractivity contribution >= 4 is 23.3 Å². The molecule has 6 heteroatoms. The Morgan fingerprint density at radius 1 is 1.25 bits per heavy atom. The van der Waals surface area contributed by atoms with E-state index in [1.54, 1.807) is 32.9 Å². The second kappa shape index (κ2) is 6.10. The molecule has 106 valence electrons. The molecule has 1 rings (SSSR count). The molecule has 0 radical (unpaired) electrons. The quantitative estimate of drug-likeness (QED) is 0.495. The Labute approximate surface area is 116 Å². The third kappa shape index (κ3) is 4.31. The maximum Gasteiger partial charge on any atom is 0.297 e. The molecule has 0 atom stereocenters. The van der Waals surface area contributed by atoms with Gasteiger partial charge in [-0.1, -0.05) is 26.8 Å². The highest BCUT2D eigenvalue weighted by molar-refractivity contribution is 6.45. The summed E-state index contributed by atoms with van der Waals surface area (Å²) in [6, 6.07) is 4.81. The van der Waals surface area contributed by atoms with Gasteiger partial charge in [-0.2, -0.15) is 0 Å². The number of aliphatic hydroxyl groups excluding tert-OH is 1. The lowest BCUT2D eigenvalue weighted by Crippen LogP contribution is -2.25. The maximum atomic E-state index is 11.7. The fraction of sp³-hybridized carbons (Fsp3) is 0.286. The number of allylic oxidation sites excluding steroid dienone is 1. The number of nitrogens with one attached hydrogen (secondary N) is 1. The van der Waals surface area contributed by atoms with Crippen LogP contribution >= 0.6 is 0 Å². The lowest BCUT2D eigenvalue weighted by molar-refractivity contribution is -0.132. The predicted octanol–water partition coefficient (Wildman–Crippen LogP) is 1.65. The molecule has 20 heavy (non-hydrogen) atoms. The van der Waals surface area contributed by atoms with Crippen LogP contribution in [0.25, 0.3) is 0 Å². The highest BCUT2D eigenvalue weighted by Crippen LogP contribution is 2.18. The van der Waals surface area contributed by atoms with Crippen LogP contribution in [0.15, 0.2) is 36.2 Å². The van der Waals surface area contributed by atoms with Gasteiger partial charge in [0, 0.05) is 17.7 Å². The number of aromatic nitrogens is 1. The number of pyridine rings is 1. The molecule has 0 unspecified atom stereocenters. The van der Waals surface area contributed by atoms with Gasteiger partial charge in [0.25, 0.3) is 5.91 Å². The molecule has 1 aromatic rings. The van der Waals surface area contributed by atoms with Crippen molar-refractivity contribution in [3.05, 3.63) is 36.2 Å². The SMILES string of the molecule is CC(C)(C)C(=O)/C(O)=C/C(=O)C(=O)Nc1ccccn1. The predicted molar refractivity (Wildman–Crippen MR) is 73.0 cm³/mol. The van der Waals surface area contributed by atoms with Crippen molar-refractivity contribution in [1.82, 2.24) is 4.98 Å². The summed E-state index contributed by atoms with van der Waals surface area (Å²) in [5, 5.41) is 11.8. The van der Waals surface area contributed by atoms with Crippen LogP contribution in [0, 0.1) is 5.41 Å². The summed E-state index contributed by atoms with van der Waals surface area (Å²) in [6.45, 7) is 4.79. The lowest BCUT2D eigenvalue weighted by Gasteiger charge is -2.15. The number of amides is 1. The van der Waals surface area contributed by atoms with E-state index in [9.17, 15) is 19.5 Å². The van der Waals surface area contributed by atoms with Gasteiger partial charge in [-0.05, 0) is 12.1 Å². The minimum atomic E-state index is -1.02. The second-order valence-corrected chi connectivity index (χ2v) is 5.14. The van der Waals surface area contributed by atoms with Crippen molar-refractivity contribution < 1.29 is 19.5 Å². The van der Waals surface area contributed by atoms with Crippen LogP contribution in [0.2, 0.25) is 0 Å². The minimum Gasteiger partial charge on any atom is -0.504 e. The summed E-state index contributed by atoms with van der Waals surface area (Å²) >= 11 is 0. The van der Waals surface area contributed by atoms with Crippen LogP contribution in [-0.2, 0) is 14.4 Å². The number of anilines is 1. The summed E-state index contributed by atoms with van der Waals surface area (Å²) < 4.78 is 0. The summed E-state index contributed by atoms with van der Waals surface area (Å²) in [4.78, 5) is 38.6. The number of carbonyl (C=O) groups is 3. The molecular weight excluding hydrogens is 260 g/mol. The van der Waals surface area contributed by atoms with Gasteiger partial charge in [0.15, 0.2) is 5.76 Å². The van der Waals surface area contributed by atoms with Crippen molar-refractivity contribution in [3.63, 3.8) is 0 Å². The fourth-order valence-corrected chi connectivity index (χ4v) is 1.25. The van der Waals surface area contributed by atoms with Gasteiger partial charge in [-0.15, -0.1) is 0 Å². The van der Waals surface area contributed by atoms with Crippen molar-refractivity contribution in [3.8, 4) is 0 Å². The monoisotopic (exact) mass is 276 g/mol. The van der Waals surface area contributed by atoms with E-state index >= 15 is 0 Å². The zero-order valence-corrected chi connectivity index (χ0v) is 11.5. The average molecular weight is 276 g/mol. The molecule has 0 aliphatic heterocycles. The van der Waals surface area contributed by atoms with E-state index in [1.807, 2.05) is 0 Å². The molecule has 0 bridgehead atoms. The van der Waals surface area contributed by atoms with Crippen LogP contribution in [0.5, 0.6) is 0 Å². The van der Waals surface area contributed by atoms with Crippen molar-refractivity contribution in [2.75, 3.05) is 5.32 Å². The summed E-state index contributed by atoms with van der Waals surface area (Å²) in [5.41, 5.74) is -0.835. The number of hydrogen-bond donors (Lipinski definition) is 2. The first kappa shape index (κ1) is 15.6. The smallest absolute Gasteiger partial charge is 0.297 e. The second-order valence-electron chi connectivity index (χ2n) is 5.14. The molecule has 0 fully saturated rings. The highest BCUT2D eigenvalue weighted by atomic mass is 16.3. The summed E-state index contributed by atoms with van der Waals surface area (Å²) in [5.74, 6) is -3.14. The highest BCUT2D eigenvalue weighted by Gasteiger charge is 2.26. The fourth-order valence-electron chi connectivity index (χ4n) is 1.25. The van der Waals surface area contributed by atoms with Gasteiger partial charge in [0.05, 0.1) is 0 Å². The molecule has 1 amide bonds. The molecule has 2 N–H and O–H groups in total. The molecular formula is C14H16N2O4. The first-order valence-electron chi connectivity index (χ1n) is 5.93. The first-order valence-corrected chi connectivity index (χ1v) is 5.93. The molecule has 0 aliphatic rings. The molecule has 6 nitrogen and oxygen atoms in total. The van der Waals surface area contributed by atoms with Crippen LogP contribution in [0.1, 0.15) is 20.8 Å². The molecule has 1 heterocycles. The Morgan fingerprint density at radius 2 is 1.90 bits per heavy atom. The number of aliphatic hydroxyl groups is 1. The topological polar surface area (TPSA) is 96.4 Å². The number of Topliss-reactive ketones (excluding diaryl/α,β-unsaturated/α-hetero) is 1. The van der Waals surface area contributed by atoms with Crippen LogP contribution < -0.4 is 5.32 Å². The summed E-state index contributed by atoms with van der Waals surface area (Å²) in [6.07, 6.45) is 2.07. The number of ketones is 2. The van der Waals surface area contributed by atoms with Gasteiger partial charge in [-0.25, -0.2) is 4.98 Å². The first-order chi connectivity index (χ1) is 9.21. The van der Waals surface area contributed by atoms with Crippen molar-refractivity contribution in [2.45, 2.75) is 20.8 Å². The Hall–Kier alpha value is -2.50. The van der Waals surface area contributed by atoms with Crippen molar-refractivity contribution in [1.29, 1.82) is 0 Å². The lowest BCUT2D eigenvalue weighted by atomic mass is 9.89. The average Bonchev–Trinajstić information content (AvgIpc) is 2.37. The molecule has 0 aromatic carbocycles. The third-order valence-electron chi connectivity index (χ3n) is 2.31. The molecule has 0 spiro atoms. The molecule has 0 saturated carbocycles. The van der Waals surface area contributed by atoms with E-state index in [0.717, 1.165) is 0 Å². The maximum absolute atomic E-state index is 11.7. The van der Waals surface area contributed by atoms with Crippen molar-refractivity contribution in [2.24, 2.45) is 5.41 Å². The molecule has 1 aromatic heterocycles. The largest absolute Gasteiger partial charge is 0.504 e. The van der Waals surface area contributed by atoms with Gasteiger partial charge < -0.3 is 10.4 Å². The Morgan fingerprint density at radius 3 is 2.40 bits per heavy atom. The van der Waals surface area contributed by atoms with Crippen LogP contribution in [0.3, 0.4) is 0 Å². The molecule has 0 saturated heterocycles. The van der Waals surface area contributed by atoms with Gasteiger partial charge in [0.1, 0.15) is 5.82 Å². The Bertz CT molecular complexity index is 556. The summed E-state index contributed by atoms with van der Waals surface area (Å²) in [7, 11) is 0. The number of nitrogens with zero attached hydrogens (tertiary/aromatic N) is 1. The van der Waals surface area contributed by atoms with E-state index in [-0.39, 0.29) is 5.82 Å². The third-order valence-corrected chi connectivity index (χ3v) is 2.31. The zero-order valence-electron chi connectivity index (χ0n) is 11.5. The van der Waals surface area contributed by atoms with Gasteiger partial charge in [-0.3, -0.25) is 14.4 Å². The van der Waals surface area contributed by atoms with Crippen LogP contribution in [0.4, 0.5) is 5.82 Å². The molecule has 0 aliphatic carbocycles. The van der Waals surface area contributed by atoms with Gasteiger partial charge in [0.2, 0.25) is 11.6 Å². The normalized spacial score (nSPS) is 11.8. The zero-order chi connectivity index (χ0) is 15.3. The van der Waals surface area contributed by atoms with E-state index in [1.165, 1.54) is 12.3 Å². The Kier molecular flexibility index (Phi) is 4.74. The standard InChI is InChI=1S/C14H16N2O4/c1-14(2,3)12(19)9(17)8-10(18)13(20)16-11-6-4-5-7-15-11/h4-8,17H,1-3H3,(H,15,16,20)/b9-8-. The van der Waals surface area contributed by atoms with E-state index in [0.29, 0.717) is 6.08 Å². The van der Waals surface area contributed by atoms with Crippen LogP contribution in [-0.4, -0.2) is 27.6 Å². The van der Waals surface area contributed by atoms with E-state index < -0.39 is 28.6 Å². The number of hydrogen-bond acceptors (Lipinski definition) is 5.